The van der Waals surface area contributed by atoms with Crippen LogP contribution in [0.3, 0.4) is 0 Å². The first-order chi connectivity index (χ1) is 7.25. The lowest BCUT2D eigenvalue weighted by Crippen LogP contribution is -2.36. The molecule has 1 aromatic heterocycles. The van der Waals surface area contributed by atoms with Gasteiger partial charge in [-0.2, -0.15) is 0 Å². The Balaban J connectivity index is 1.94. The van der Waals surface area contributed by atoms with Crippen LogP contribution in [0.25, 0.3) is 0 Å². The lowest BCUT2D eigenvalue weighted by Gasteiger charge is -2.24. The van der Waals surface area contributed by atoms with Crippen LogP contribution in [0.1, 0.15) is 12.2 Å². The molecule has 2 heterocycles. The second-order valence-corrected chi connectivity index (χ2v) is 3.51. The van der Waals surface area contributed by atoms with E-state index in [9.17, 15) is 9.18 Å². The number of amides is 1. The van der Waals surface area contributed by atoms with E-state index in [0.29, 0.717) is 18.7 Å². The summed E-state index contributed by atoms with van der Waals surface area (Å²) in [7, 11) is 0. The molecule has 0 fully saturated rings. The zero-order valence-corrected chi connectivity index (χ0v) is 8.28. The van der Waals surface area contributed by atoms with Gasteiger partial charge in [0, 0.05) is 6.54 Å². The van der Waals surface area contributed by atoms with Crippen LogP contribution >= 0.6 is 0 Å². The Morgan fingerprint density at radius 2 is 2.47 bits per heavy atom. The van der Waals surface area contributed by atoms with Gasteiger partial charge in [0.25, 0.3) is 0 Å². The Morgan fingerprint density at radius 3 is 3.13 bits per heavy atom. The maximum Gasteiger partial charge on any atom is 0.230 e. The molecule has 0 spiro atoms. The van der Waals surface area contributed by atoms with E-state index in [1.165, 1.54) is 17.2 Å². The zero-order valence-electron chi connectivity index (χ0n) is 8.28. The van der Waals surface area contributed by atoms with Crippen molar-refractivity contribution in [1.82, 2.24) is 4.90 Å². The van der Waals surface area contributed by atoms with Gasteiger partial charge >= 0.3 is 0 Å². The van der Waals surface area contributed by atoms with Crippen molar-refractivity contribution in [1.29, 1.82) is 0 Å². The molecule has 0 N–H and O–H groups in total. The number of carbonyl (C=O) groups excluding carboxylic acids is 1. The highest BCUT2D eigenvalue weighted by atomic mass is 19.1. The number of carbonyl (C=O) groups is 1. The summed E-state index contributed by atoms with van der Waals surface area (Å²) in [4.78, 5) is 13.2. The van der Waals surface area contributed by atoms with Crippen LogP contribution in [0.5, 0.6) is 0 Å². The predicted molar refractivity (Wildman–Crippen MR) is 52.8 cm³/mol. The molecule has 1 aliphatic heterocycles. The van der Waals surface area contributed by atoms with Crippen LogP contribution in [0.4, 0.5) is 4.39 Å². The molecule has 0 atom stereocenters. The summed E-state index contributed by atoms with van der Waals surface area (Å²) >= 11 is 0. The molecule has 0 saturated heterocycles. The highest BCUT2D eigenvalue weighted by molar-refractivity contribution is 5.78. The van der Waals surface area contributed by atoms with Crippen molar-refractivity contribution in [3.63, 3.8) is 0 Å². The fourth-order valence-corrected chi connectivity index (χ4v) is 1.59. The summed E-state index contributed by atoms with van der Waals surface area (Å²) in [6.45, 7) is 0.687. The largest absolute Gasteiger partial charge is 0.469 e. The maximum absolute atomic E-state index is 12.9. The van der Waals surface area contributed by atoms with Crippen molar-refractivity contribution in [3.8, 4) is 0 Å². The topological polar surface area (TPSA) is 33.5 Å². The van der Waals surface area contributed by atoms with Gasteiger partial charge in [0.15, 0.2) is 0 Å². The second-order valence-electron chi connectivity index (χ2n) is 3.51. The average molecular weight is 209 g/mol. The number of nitrogens with zero attached hydrogens (tertiary/aromatic N) is 1. The Kier molecular flexibility index (Phi) is 2.85. The first-order valence-corrected chi connectivity index (χ1v) is 4.90. The SMILES string of the molecule is O=C(Cc1ccco1)N1CCC=C(F)C1. The summed E-state index contributed by atoms with van der Waals surface area (Å²) in [5.41, 5.74) is 0. The molecule has 3 nitrogen and oxygen atoms in total. The van der Waals surface area contributed by atoms with Gasteiger partial charge in [-0.05, 0) is 24.6 Å². The normalized spacial score (nSPS) is 16.3. The molecule has 0 radical (unpaired) electrons. The smallest absolute Gasteiger partial charge is 0.230 e. The van der Waals surface area contributed by atoms with Crippen LogP contribution < -0.4 is 0 Å². The first-order valence-electron chi connectivity index (χ1n) is 4.90. The van der Waals surface area contributed by atoms with E-state index in [4.69, 9.17) is 4.42 Å². The van der Waals surface area contributed by atoms with Crippen LogP contribution in [0.2, 0.25) is 0 Å². The fraction of sp³-hybridized carbons (Fsp3) is 0.364. The molecule has 0 bridgehead atoms. The predicted octanol–water partition coefficient (Wildman–Crippen LogP) is 1.91. The monoisotopic (exact) mass is 209 g/mol. The molecule has 1 amide bonds. The summed E-state index contributed by atoms with van der Waals surface area (Å²) in [5, 5.41) is 0. The van der Waals surface area contributed by atoms with Gasteiger partial charge in [0.2, 0.25) is 5.91 Å². The molecule has 2 rings (SSSR count). The molecule has 0 aromatic carbocycles. The summed E-state index contributed by atoms with van der Waals surface area (Å²) in [5.74, 6) is 0.303. The highest BCUT2D eigenvalue weighted by Gasteiger charge is 2.18. The molecule has 1 aromatic rings. The fourth-order valence-electron chi connectivity index (χ4n) is 1.59. The van der Waals surface area contributed by atoms with Crippen molar-refractivity contribution >= 4 is 5.91 Å². The Hall–Kier alpha value is -1.58. The van der Waals surface area contributed by atoms with Gasteiger partial charge in [0.1, 0.15) is 11.6 Å². The van der Waals surface area contributed by atoms with E-state index < -0.39 is 0 Å². The Bertz CT molecular complexity index is 370. The minimum Gasteiger partial charge on any atom is -0.469 e. The molecule has 0 saturated carbocycles. The van der Waals surface area contributed by atoms with Gasteiger partial charge in [0.05, 0.1) is 19.2 Å². The van der Waals surface area contributed by atoms with E-state index in [1.807, 2.05) is 0 Å². The molecule has 4 heteroatoms. The lowest BCUT2D eigenvalue weighted by atomic mass is 10.2. The van der Waals surface area contributed by atoms with Crippen LogP contribution in [0.15, 0.2) is 34.7 Å². The Labute approximate surface area is 87.2 Å². The summed E-state index contributed by atoms with van der Waals surface area (Å²) in [6, 6.07) is 3.48. The average Bonchev–Trinajstić information content (AvgIpc) is 2.70. The number of rotatable bonds is 2. The van der Waals surface area contributed by atoms with E-state index in [0.717, 1.165) is 0 Å². The third kappa shape index (κ3) is 2.46. The van der Waals surface area contributed by atoms with Crippen molar-refractivity contribution < 1.29 is 13.6 Å². The number of hydrogen-bond acceptors (Lipinski definition) is 2. The van der Waals surface area contributed by atoms with E-state index in [2.05, 4.69) is 0 Å². The summed E-state index contributed by atoms with van der Waals surface area (Å²) in [6.07, 6.45) is 3.85. The van der Waals surface area contributed by atoms with E-state index in [1.54, 1.807) is 12.1 Å². The van der Waals surface area contributed by atoms with Gasteiger partial charge in [-0.3, -0.25) is 4.79 Å². The standard InChI is InChI=1S/C11H12FNO2/c12-9-3-1-5-13(8-9)11(14)7-10-4-2-6-15-10/h2-4,6H,1,5,7-8H2. The van der Waals surface area contributed by atoms with E-state index >= 15 is 0 Å². The van der Waals surface area contributed by atoms with Gasteiger partial charge < -0.3 is 9.32 Å². The third-order valence-electron chi connectivity index (χ3n) is 2.37. The van der Waals surface area contributed by atoms with Crippen LogP contribution in [-0.4, -0.2) is 23.9 Å². The molecule has 1 aliphatic rings. The third-order valence-corrected chi connectivity index (χ3v) is 2.37. The maximum atomic E-state index is 12.9. The molecular weight excluding hydrogens is 197 g/mol. The number of hydrogen-bond donors (Lipinski definition) is 0. The van der Waals surface area contributed by atoms with Crippen molar-refractivity contribution in [2.24, 2.45) is 0 Å². The molecule has 15 heavy (non-hydrogen) atoms. The minimum absolute atomic E-state index is 0.0896. The molecular formula is C11H12FNO2. The van der Waals surface area contributed by atoms with Gasteiger partial charge in [-0.15, -0.1) is 0 Å². The highest BCUT2D eigenvalue weighted by Crippen LogP contribution is 2.12. The molecule has 80 valence electrons. The second kappa shape index (κ2) is 4.29. The summed E-state index contributed by atoms with van der Waals surface area (Å²) < 4.78 is 18.0. The van der Waals surface area contributed by atoms with Crippen molar-refractivity contribution in [3.05, 3.63) is 36.1 Å². The number of furan rings is 1. The quantitative estimate of drug-likeness (QED) is 0.745. The zero-order chi connectivity index (χ0) is 10.7. The van der Waals surface area contributed by atoms with Gasteiger partial charge in [-0.25, -0.2) is 4.39 Å². The molecule has 0 aliphatic carbocycles. The van der Waals surface area contributed by atoms with Crippen molar-refractivity contribution in [2.75, 3.05) is 13.1 Å². The van der Waals surface area contributed by atoms with Crippen molar-refractivity contribution in [2.45, 2.75) is 12.8 Å². The lowest BCUT2D eigenvalue weighted by molar-refractivity contribution is -0.130. The first kappa shape index (κ1) is 9.96. The minimum atomic E-state index is -0.228. The molecule has 0 unspecified atom stereocenters. The number of halogens is 1. The Morgan fingerprint density at radius 1 is 1.60 bits per heavy atom. The van der Waals surface area contributed by atoms with E-state index in [-0.39, 0.29) is 24.7 Å². The van der Waals surface area contributed by atoms with Crippen LogP contribution in [0, 0.1) is 0 Å². The van der Waals surface area contributed by atoms with Crippen LogP contribution in [-0.2, 0) is 11.2 Å². The van der Waals surface area contributed by atoms with Gasteiger partial charge in [-0.1, -0.05) is 0 Å².